The van der Waals surface area contributed by atoms with Crippen molar-refractivity contribution in [2.75, 3.05) is 16.3 Å². The average Bonchev–Trinajstić information content (AvgIpc) is 3.40. The van der Waals surface area contributed by atoms with Crippen molar-refractivity contribution in [1.29, 1.82) is 0 Å². The molecule has 4 aromatic carbocycles. The number of para-hydroxylation sites is 2. The highest BCUT2D eigenvalue weighted by molar-refractivity contribution is 6.02. The Morgan fingerprint density at radius 3 is 2.23 bits per heavy atom. The van der Waals surface area contributed by atoms with Crippen LogP contribution in [0.15, 0.2) is 116 Å². The van der Waals surface area contributed by atoms with Gasteiger partial charge in [0.15, 0.2) is 0 Å². The Bertz CT molecular complexity index is 1590. The summed E-state index contributed by atoms with van der Waals surface area (Å²) in [4.78, 5) is 4.78. The van der Waals surface area contributed by atoms with Crippen LogP contribution in [0.1, 0.15) is 55.9 Å². The summed E-state index contributed by atoms with van der Waals surface area (Å²) in [5, 5.41) is 2.53. The number of anilines is 3. The van der Waals surface area contributed by atoms with Gasteiger partial charge in [0.2, 0.25) is 0 Å². The van der Waals surface area contributed by atoms with Gasteiger partial charge in [-0.2, -0.15) is 0 Å². The lowest BCUT2D eigenvalue weighted by Gasteiger charge is -2.32. The van der Waals surface area contributed by atoms with Gasteiger partial charge in [-0.15, -0.1) is 0 Å². The molecular formula is C37H38N2. The number of rotatable bonds is 8. The van der Waals surface area contributed by atoms with E-state index in [0.29, 0.717) is 5.92 Å². The fraction of sp³-hybridized carbons (Fsp3) is 0.189. The van der Waals surface area contributed by atoms with Crippen molar-refractivity contribution in [3.05, 3.63) is 138 Å². The fourth-order valence-electron chi connectivity index (χ4n) is 6.06. The van der Waals surface area contributed by atoms with Crippen LogP contribution in [-0.2, 0) is 6.42 Å². The summed E-state index contributed by atoms with van der Waals surface area (Å²) >= 11 is 0. The highest BCUT2D eigenvalue weighted by Gasteiger charge is 2.26. The van der Waals surface area contributed by atoms with Gasteiger partial charge in [0, 0.05) is 46.1 Å². The van der Waals surface area contributed by atoms with E-state index in [-0.39, 0.29) is 0 Å². The SMILES string of the molecule is C=C/C(=C\C)N(C(=CC)c1ccc2ccc(N3CCc4ccccc43)c(C=C)c2c1C(C)C)c1ccccc1. The molecule has 5 rings (SSSR count). The van der Waals surface area contributed by atoms with E-state index in [1.54, 1.807) is 0 Å². The third kappa shape index (κ3) is 4.61. The van der Waals surface area contributed by atoms with Gasteiger partial charge in [0.1, 0.15) is 0 Å². The molecule has 0 saturated carbocycles. The van der Waals surface area contributed by atoms with Crippen molar-refractivity contribution in [3.8, 4) is 0 Å². The summed E-state index contributed by atoms with van der Waals surface area (Å²) in [5.74, 6) is 0.300. The number of nitrogens with zero attached hydrogens (tertiary/aromatic N) is 2. The molecule has 0 aliphatic carbocycles. The van der Waals surface area contributed by atoms with E-state index >= 15 is 0 Å². The molecule has 1 aliphatic heterocycles. The van der Waals surface area contributed by atoms with Crippen LogP contribution in [0.2, 0.25) is 0 Å². The highest BCUT2D eigenvalue weighted by atomic mass is 15.2. The maximum Gasteiger partial charge on any atom is 0.0494 e. The largest absolute Gasteiger partial charge is 0.340 e. The molecular weight excluding hydrogens is 472 g/mol. The molecule has 0 spiro atoms. The maximum absolute atomic E-state index is 4.33. The first kappa shape index (κ1) is 26.3. The molecule has 1 aliphatic rings. The number of allylic oxidation sites excluding steroid dienone is 3. The third-order valence-corrected chi connectivity index (χ3v) is 7.77. The van der Waals surface area contributed by atoms with Crippen molar-refractivity contribution in [3.63, 3.8) is 0 Å². The minimum atomic E-state index is 0.300. The normalized spacial score (nSPS) is 13.6. The van der Waals surface area contributed by atoms with Crippen LogP contribution in [-0.4, -0.2) is 6.54 Å². The van der Waals surface area contributed by atoms with Crippen LogP contribution in [0.5, 0.6) is 0 Å². The standard InChI is InChI=1S/C37H38N2/c1-7-29(8-2)39(30-17-12-11-13-18-30)33(10-4)32-22-20-28-21-23-35(31(9-3)37(28)36(32)26(5)6)38-25-24-27-16-14-15-19-34(27)38/h7-23,26H,1,3,24-25H2,2,4-6H3/b29-8+,33-10?. The zero-order valence-corrected chi connectivity index (χ0v) is 23.6. The Kier molecular flexibility index (Phi) is 7.56. The maximum atomic E-state index is 4.33. The van der Waals surface area contributed by atoms with E-state index in [1.165, 1.54) is 44.4 Å². The second kappa shape index (κ2) is 11.2. The van der Waals surface area contributed by atoms with Crippen molar-refractivity contribution in [2.24, 2.45) is 0 Å². The first-order valence-electron chi connectivity index (χ1n) is 13.9. The molecule has 0 bridgehead atoms. The summed E-state index contributed by atoms with van der Waals surface area (Å²) in [6.07, 6.45) is 9.40. The molecule has 1 heterocycles. The van der Waals surface area contributed by atoms with Crippen LogP contribution in [0.25, 0.3) is 22.5 Å². The molecule has 196 valence electrons. The van der Waals surface area contributed by atoms with Crippen LogP contribution in [0.3, 0.4) is 0 Å². The second-order valence-corrected chi connectivity index (χ2v) is 10.3. The molecule has 4 aromatic rings. The first-order valence-corrected chi connectivity index (χ1v) is 13.9. The van der Waals surface area contributed by atoms with Gasteiger partial charge in [0.05, 0.1) is 0 Å². The van der Waals surface area contributed by atoms with Crippen molar-refractivity contribution in [2.45, 2.75) is 40.0 Å². The fourth-order valence-corrected chi connectivity index (χ4v) is 6.06. The Morgan fingerprint density at radius 2 is 1.56 bits per heavy atom. The number of hydrogen-bond donors (Lipinski definition) is 0. The third-order valence-electron chi connectivity index (χ3n) is 7.77. The zero-order valence-electron chi connectivity index (χ0n) is 23.6. The monoisotopic (exact) mass is 510 g/mol. The molecule has 2 nitrogen and oxygen atoms in total. The predicted octanol–water partition coefficient (Wildman–Crippen LogP) is 10.3. The molecule has 0 radical (unpaired) electrons. The molecule has 0 atom stereocenters. The van der Waals surface area contributed by atoms with Gasteiger partial charge in [-0.1, -0.05) is 99.8 Å². The second-order valence-electron chi connectivity index (χ2n) is 10.3. The Morgan fingerprint density at radius 1 is 0.846 bits per heavy atom. The van der Waals surface area contributed by atoms with Crippen LogP contribution >= 0.6 is 0 Å². The number of benzene rings is 4. The Balaban J connectivity index is 1.78. The van der Waals surface area contributed by atoms with E-state index in [2.05, 4.69) is 148 Å². The van der Waals surface area contributed by atoms with Crippen molar-refractivity contribution < 1.29 is 0 Å². The topological polar surface area (TPSA) is 6.48 Å². The molecule has 39 heavy (non-hydrogen) atoms. The minimum absolute atomic E-state index is 0.300. The van der Waals surface area contributed by atoms with Gasteiger partial charge in [0.25, 0.3) is 0 Å². The van der Waals surface area contributed by atoms with E-state index in [1.807, 2.05) is 6.08 Å². The van der Waals surface area contributed by atoms with Gasteiger partial charge >= 0.3 is 0 Å². The Labute approximate surface area is 233 Å². The molecule has 0 fully saturated rings. The molecule has 0 saturated heterocycles. The molecule has 0 amide bonds. The lowest BCUT2D eigenvalue weighted by Crippen LogP contribution is -2.21. The Hall–Kier alpha value is -4.30. The summed E-state index contributed by atoms with van der Waals surface area (Å²) in [6.45, 7) is 18.2. The van der Waals surface area contributed by atoms with Gasteiger partial charge in [-0.25, -0.2) is 0 Å². The quantitative estimate of drug-likeness (QED) is 0.218. The van der Waals surface area contributed by atoms with Gasteiger partial charge in [-0.3, -0.25) is 0 Å². The molecule has 0 aromatic heterocycles. The lowest BCUT2D eigenvalue weighted by molar-refractivity contribution is 0.870. The summed E-state index contributed by atoms with van der Waals surface area (Å²) in [6, 6.07) is 28.4. The van der Waals surface area contributed by atoms with E-state index in [0.717, 1.165) is 30.0 Å². The van der Waals surface area contributed by atoms with Crippen molar-refractivity contribution in [1.82, 2.24) is 0 Å². The van der Waals surface area contributed by atoms with Crippen LogP contribution < -0.4 is 9.80 Å². The van der Waals surface area contributed by atoms with E-state index < -0.39 is 0 Å². The smallest absolute Gasteiger partial charge is 0.0494 e. The van der Waals surface area contributed by atoms with Crippen LogP contribution in [0.4, 0.5) is 17.1 Å². The number of fused-ring (bicyclic) bond motifs is 2. The summed E-state index contributed by atoms with van der Waals surface area (Å²) < 4.78 is 0. The van der Waals surface area contributed by atoms with Gasteiger partial charge < -0.3 is 9.80 Å². The minimum Gasteiger partial charge on any atom is -0.340 e. The predicted molar refractivity (Wildman–Crippen MR) is 172 cm³/mol. The van der Waals surface area contributed by atoms with E-state index in [9.17, 15) is 0 Å². The van der Waals surface area contributed by atoms with Crippen LogP contribution in [0, 0.1) is 0 Å². The summed E-state index contributed by atoms with van der Waals surface area (Å²) in [5.41, 5.74) is 11.0. The van der Waals surface area contributed by atoms with E-state index in [4.69, 9.17) is 0 Å². The lowest BCUT2D eigenvalue weighted by atomic mass is 9.86. The highest BCUT2D eigenvalue weighted by Crippen LogP contribution is 2.44. The zero-order chi connectivity index (χ0) is 27.5. The van der Waals surface area contributed by atoms with Gasteiger partial charge in [-0.05, 0) is 78.4 Å². The van der Waals surface area contributed by atoms with Crippen molar-refractivity contribution >= 4 is 39.6 Å². The first-order chi connectivity index (χ1) is 19.0. The molecule has 0 N–H and O–H groups in total. The average molecular weight is 511 g/mol. The number of hydrogen-bond acceptors (Lipinski definition) is 2. The molecule has 0 unspecified atom stereocenters. The summed E-state index contributed by atoms with van der Waals surface area (Å²) in [7, 11) is 0. The molecule has 2 heteroatoms.